The maximum absolute atomic E-state index is 11.8. The Kier molecular flexibility index (Phi) is 5.31. The summed E-state index contributed by atoms with van der Waals surface area (Å²) in [7, 11) is 2.66. The molecular weight excluding hydrogens is 254 g/mol. The monoisotopic (exact) mass is 271 g/mol. The first-order valence-corrected chi connectivity index (χ1v) is 5.70. The zero-order valence-corrected chi connectivity index (χ0v) is 11.1. The van der Waals surface area contributed by atoms with Crippen LogP contribution in [0.4, 0.5) is 9.59 Å². The molecule has 4 amide bonds. The Morgan fingerprint density at radius 2 is 2.11 bits per heavy atom. The van der Waals surface area contributed by atoms with Crippen LogP contribution in [0.2, 0.25) is 0 Å². The predicted octanol–water partition coefficient (Wildman–Crippen LogP) is -0.185. The zero-order chi connectivity index (χ0) is 14.4. The highest BCUT2D eigenvalue weighted by atomic mass is 16.5. The number of hydrogen-bond acceptors (Lipinski definition) is 5. The third-order valence-corrected chi connectivity index (χ3v) is 2.48. The lowest BCUT2D eigenvalue weighted by Crippen LogP contribution is -2.53. The van der Waals surface area contributed by atoms with Gasteiger partial charge in [0.2, 0.25) is 0 Å². The summed E-state index contributed by atoms with van der Waals surface area (Å²) in [6, 6.07) is -1.18. The summed E-state index contributed by atoms with van der Waals surface area (Å²) in [5.74, 6) is -0.610. The Hall–Kier alpha value is -2.09. The molecule has 0 aromatic carbocycles. The number of carbonyl (C=O) groups excluding carboxylic acids is 3. The molecule has 0 saturated carbocycles. The van der Waals surface area contributed by atoms with E-state index in [1.54, 1.807) is 6.92 Å². The molecule has 8 nitrogen and oxygen atoms in total. The van der Waals surface area contributed by atoms with Crippen molar-refractivity contribution in [2.24, 2.45) is 0 Å². The van der Waals surface area contributed by atoms with E-state index >= 15 is 0 Å². The van der Waals surface area contributed by atoms with Gasteiger partial charge in [-0.3, -0.25) is 0 Å². The van der Waals surface area contributed by atoms with E-state index in [9.17, 15) is 14.4 Å². The van der Waals surface area contributed by atoms with Crippen LogP contribution >= 0.6 is 0 Å². The van der Waals surface area contributed by atoms with E-state index < -0.39 is 18.0 Å². The van der Waals surface area contributed by atoms with Crippen LogP contribution in [0.25, 0.3) is 0 Å². The normalized spacial score (nSPS) is 15.1. The molecule has 1 heterocycles. The van der Waals surface area contributed by atoms with Gasteiger partial charge in [0.25, 0.3) is 0 Å². The van der Waals surface area contributed by atoms with Gasteiger partial charge in [-0.25, -0.2) is 19.3 Å². The summed E-state index contributed by atoms with van der Waals surface area (Å²) in [6.07, 6.45) is 0. The maximum atomic E-state index is 11.8. The summed E-state index contributed by atoms with van der Waals surface area (Å²) in [6.45, 7) is 2.01. The second-order valence-electron chi connectivity index (χ2n) is 3.73. The topological polar surface area (TPSA) is 97.0 Å². The second kappa shape index (κ2) is 6.74. The standard InChI is InChI=1S/C11H17N3O5/c1-4-12-10(16)14-5-7(9(15)19-3)8(6-18-2)13-11(14)17/h4-6H2,1-3H3,(H,12,16)(H,13,17). The van der Waals surface area contributed by atoms with Crippen LogP contribution in [0.15, 0.2) is 11.3 Å². The number of hydrogen-bond donors (Lipinski definition) is 2. The predicted molar refractivity (Wildman–Crippen MR) is 65.2 cm³/mol. The molecule has 0 aromatic rings. The number of imide groups is 1. The number of methoxy groups -OCH3 is 2. The van der Waals surface area contributed by atoms with Gasteiger partial charge in [0.15, 0.2) is 0 Å². The fourth-order valence-corrected chi connectivity index (χ4v) is 1.59. The van der Waals surface area contributed by atoms with Crippen molar-refractivity contribution in [3.8, 4) is 0 Å². The molecule has 106 valence electrons. The van der Waals surface area contributed by atoms with Gasteiger partial charge in [-0.15, -0.1) is 0 Å². The Labute approximate surface area is 110 Å². The highest BCUT2D eigenvalue weighted by Gasteiger charge is 2.32. The van der Waals surface area contributed by atoms with E-state index in [1.165, 1.54) is 14.2 Å². The summed E-state index contributed by atoms with van der Waals surface area (Å²) in [5, 5.41) is 4.94. The van der Waals surface area contributed by atoms with E-state index in [-0.39, 0.29) is 18.7 Å². The molecule has 0 unspecified atom stereocenters. The smallest absolute Gasteiger partial charge is 0.337 e. The Bertz CT molecular complexity index is 419. The minimum atomic E-state index is -0.610. The summed E-state index contributed by atoms with van der Waals surface area (Å²) in [4.78, 5) is 36.0. The van der Waals surface area contributed by atoms with E-state index in [4.69, 9.17) is 4.74 Å². The summed E-state index contributed by atoms with van der Waals surface area (Å²) in [5.41, 5.74) is 0.495. The number of esters is 1. The van der Waals surface area contributed by atoms with Gasteiger partial charge in [0, 0.05) is 13.7 Å². The van der Waals surface area contributed by atoms with Crippen molar-refractivity contribution in [2.75, 3.05) is 33.9 Å². The lowest BCUT2D eigenvalue weighted by atomic mass is 10.1. The third kappa shape index (κ3) is 3.44. The maximum Gasteiger partial charge on any atom is 0.337 e. The van der Waals surface area contributed by atoms with Crippen molar-refractivity contribution in [3.63, 3.8) is 0 Å². The van der Waals surface area contributed by atoms with Gasteiger partial charge < -0.3 is 20.1 Å². The molecule has 0 bridgehead atoms. The van der Waals surface area contributed by atoms with E-state index in [0.717, 1.165) is 4.90 Å². The summed E-state index contributed by atoms with van der Waals surface area (Å²) < 4.78 is 9.53. The minimum absolute atomic E-state index is 0.0550. The van der Waals surface area contributed by atoms with Crippen molar-refractivity contribution in [1.29, 1.82) is 0 Å². The average molecular weight is 271 g/mol. The lowest BCUT2D eigenvalue weighted by molar-refractivity contribution is -0.136. The third-order valence-electron chi connectivity index (χ3n) is 2.48. The second-order valence-corrected chi connectivity index (χ2v) is 3.73. The van der Waals surface area contributed by atoms with Crippen LogP contribution in [0.3, 0.4) is 0 Å². The number of carbonyl (C=O) groups is 3. The molecule has 1 aliphatic rings. The Morgan fingerprint density at radius 1 is 1.42 bits per heavy atom. The molecule has 0 saturated heterocycles. The summed E-state index contributed by atoms with van der Waals surface area (Å²) >= 11 is 0. The first kappa shape index (κ1) is 15.0. The molecule has 0 fully saturated rings. The zero-order valence-electron chi connectivity index (χ0n) is 11.1. The van der Waals surface area contributed by atoms with Gasteiger partial charge in [-0.1, -0.05) is 0 Å². The van der Waals surface area contributed by atoms with Crippen molar-refractivity contribution in [3.05, 3.63) is 11.3 Å². The van der Waals surface area contributed by atoms with Crippen molar-refractivity contribution >= 4 is 18.0 Å². The quantitative estimate of drug-likeness (QED) is 0.691. The molecule has 0 aromatic heterocycles. The van der Waals surface area contributed by atoms with E-state index in [0.29, 0.717) is 12.2 Å². The molecule has 8 heteroatoms. The lowest BCUT2D eigenvalue weighted by Gasteiger charge is -2.28. The highest BCUT2D eigenvalue weighted by Crippen LogP contribution is 2.14. The van der Waals surface area contributed by atoms with Crippen LogP contribution in [-0.4, -0.2) is 56.8 Å². The molecule has 19 heavy (non-hydrogen) atoms. The van der Waals surface area contributed by atoms with Crippen molar-refractivity contribution in [1.82, 2.24) is 15.5 Å². The molecule has 0 radical (unpaired) electrons. The molecular formula is C11H17N3O5. The SMILES string of the molecule is CCNC(=O)N1CC(C(=O)OC)=C(COC)NC1=O. The number of nitrogens with one attached hydrogen (secondary N) is 2. The first-order valence-electron chi connectivity index (χ1n) is 5.70. The van der Waals surface area contributed by atoms with Gasteiger partial charge in [0.1, 0.15) is 0 Å². The van der Waals surface area contributed by atoms with Gasteiger partial charge >= 0.3 is 18.0 Å². The minimum Gasteiger partial charge on any atom is -0.466 e. The number of ether oxygens (including phenoxy) is 2. The van der Waals surface area contributed by atoms with Crippen LogP contribution in [0.5, 0.6) is 0 Å². The van der Waals surface area contributed by atoms with Crippen LogP contribution in [0.1, 0.15) is 6.92 Å². The van der Waals surface area contributed by atoms with Crippen molar-refractivity contribution in [2.45, 2.75) is 6.92 Å². The Balaban J connectivity index is 2.99. The average Bonchev–Trinajstić information content (AvgIpc) is 2.38. The van der Waals surface area contributed by atoms with E-state index in [1.807, 2.05) is 0 Å². The van der Waals surface area contributed by atoms with Crippen LogP contribution < -0.4 is 10.6 Å². The molecule has 2 N–H and O–H groups in total. The number of amides is 4. The van der Waals surface area contributed by atoms with Gasteiger partial charge in [0.05, 0.1) is 31.5 Å². The largest absolute Gasteiger partial charge is 0.466 e. The number of nitrogens with zero attached hydrogens (tertiary/aromatic N) is 1. The van der Waals surface area contributed by atoms with Gasteiger partial charge in [-0.05, 0) is 6.92 Å². The fraction of sp³-hybridized carbons (Fsp3) is 0.545. The van der Waals surface area contributed by atoms with Crippen LogP contribution in [-0.2, 0) is 14.3 Å². The molecule has 0 spiro atoms. The number of urea groups is 2. The Morgan fingerprint density at radius 3 is 2.63 bits per heavy atom. The number of rotatable bonds is 4. The molecule has 0 atom stereocenters. The van der Waals surface area contributed by atoms with Gasteiger partial charge in [-0.2, -0.15) is 0 Å². The van der Waals surface area contributed by atoms with E-state index in [2.05, 4.69) is 15.4 Å². The van der Waals surface area contributed by atoms with Crippen LogP contribution in [0, 0.1) is 0 Å². The first-order chi connectivity index (χ1) is 9.04. The highest BCUT2D eigenvalue weighted by molar-refractivity contribution is 6.00. The van der Waals surface area contributed by atoms with Crippen molar-refractivity contribution < 1.29 is 23.9 Å². The molecule has 1 aliphatic heterocycles. The molecule has 0 aliphatic carbocycles. The fourth-order valence-electron chi connectivity index (χ4n) is 1.59. The molecule has 1 rings (SSSR count).